The van der Waals surface area contributed by atoms with Crippen LogP contribution in [0.15, 0.2) is 23.9 Å². The molecular formula is C15H28N2. The van der Waals surface area contributed by atoms with Crippen molar-refractivity contribution in [2.45, 2.75) is 64.5 Å². The van der Waals surface area contributed by atoms with Crippen LogP contribution in [-0.4, -0.2) is 19.1 Å². The van der Waals surface area contributed by atoms with E-state index in [9.17, 15) is 0 Å². The topological polar surface area (TPSA) is 24.1 Å². The predicted octanol–water partition coefficient (Wildman–Crippen LogP) is 3.37. The van der Waals surface area contributed by atoms with Gasteiger partial charge in [0.15, 0.2) is 0 Å². The normalized spacial score (nSPS) is 19.4. The number of nitrogens with one attached hydrogen (secondary N) is 2. The zero-order chi connectivity index (χ0) is 12.7. The van der Waals surface area contributed by atoms with E-state index in [0.29, 0.717) is 12.1 Å². The molecule has 2 heteroatoms. The van der Waals surface area contributed by atoms with Crippen LogP contribution in [0, 0.1) is 0 Å². The van der Waals surface area contributed by atoms with Crippen LogP contribution in [0.2, 0.25) is 0 Å². The number of allylic oxidation sites excluding steroid dienone is 1. The molecule has 98 valence electrons. The van der Waals surface area contributed by atoms with Crippen molar-refractivity contribution in [3.05, 3.63) is 23.9 Å². The quantitative estimate of drug-likeness (QED) is 0.662. The SMILES string of the molecule is C=C(CCC)/C(=C/C(C)NC)NC1CCCC1. The first-order valence-corrected chi connectivity index (χ1v) is 7.01. The molecule has 17 heavy (non-hydrogen) atoms. The highest BCUT2D eigenvalue weighted by Gasteiger charge is 2.16. The molecule has 1 atom stereocenters. The minimum atomic E-state index is 0.396. The van der Waals surface area contributed by atoms with Gasteiger partial charge in [-0.2, -0.15) is 0 Å². The van der Waals surface area contributed by atoms with E-state index in [1.165, 1.54) is 37.0 Å². The summed E-state index contributed by atoms with van der Waals surface area (Å²) in [6.45, 7) is 8.60. The van der Waals surface area contributed by atoms with Crippen LogP contribution in [-0.2, 0) is 0 Å². The van der Waals surface area contributed by atoms with E-state index in [2.05, 4.69) is 37.1 Å². The molecule has 1 fully saturated rings. The Balaban J connectivity index is 2.63. The summed E-state index contributed by atoms with van der Waals surface area (Å²) in [6, 6.07) is 1.06. The van der Waals surface area contributed by atoms with Crippen molar-refractivity contribution >= 4 is 0 Å². The summed E-state index contributed by atoms with van der Waals surface area (Å²) in [5.74, 6) is 0. The van der Waals surface area contributed by atoms with Gasteiger partial charge >= 0.3 is 0 Å². The number of rotatable bonds is 7. The highest BCUT2D eigenvalue weighted by molar-refractivity contribution is 5.28. The van der Waals surface area contributed by atoms with Gasteiger partial charge in [0.05, 0.1) is 0 Å². The van der Waals surface area contributed by atoms with Crippen LogP contribution in [0.3, 0.4) is 0 Å². The summed E-state index contributed by atoms with van der Waals surface area (Å²) in [7, 11) is 2.00. The van der Waals surface area contributed by atoms with Gasteiger partial charge in [0.25, 0.3) is 0 Å². The summed E-state index contributed by atoms with van der Waals surface area (Å²) in [6.07, 6.45) is 9.88. The van der Waals surface area contributed by atoms with Crippen molar-refractivity contribution in [1.29, 1.82) is 0 Å². The van der Waals surface area contributed by atoms with Crippen molar-refractivity contribution in [3.63, 3.8) is 0 Å². The molecule has 0 amide bonds. The van der Waals surface area contributed by atoms with Crippen molar-refractivity contribution in [3.8, 4) is 0 Å². The molecule has 1 unspecified atom stereocenters. The Morgan fingerprint density at radius 3 is 2.59 bits per heavy atom. The zero-order valence-electron chi connectivity index (χ0n) is 11.7. The summed E-state index contributed by atoms with van der Waals surface area (Å²) < 4.78 is 0. The Morgan fingerprint density at radius 2 is 2.06 bits per heavy atom. The molecule has 0 saturated heterocycles. The van der Waals surface area contributed by atoms with E-state index in [1.54, 1.807) is 0 Å². The first kappa shape index (κ1) is 14.3. The van der Waals surface area contributed by atoms with Crippen LogP contribution in [0.1, 0.15) is 52.4 Å². The van der Waals surface area contributed by atoms with Gasteiger partial charge in [-0.1, -0.05) is 32.8 Å². The fourth-order valence-corrected chi connectivity index (χ4v) is 2.33. The molecule has 1 aliphatic rings. The molecule has 0 aromatic heterocycles. The fourth-order valence-electron chi connectivity index (χ4n) is 2.33. The largest absolute Gasteiger partial charge is 0.382 e. The maximum absolute atomic E-state index is 4.22. The highest BCUT2D eigenvalue weighted by Crippen LogP contribution is 2.21. The predicted molar refractivity (Wildman–Crippen MR) is 76.0 cm³/mol. The van der Waals surface area contributed by atoms with Crippen LogP contribution in [0.25, 0.3) is 0 Å². The molecular weight excluding hydrogens is 208 g/mol. The molecule has 0 radical (unpaired) electrons. The van der Waals surface area contributed by atoms with E-state index < -0.39 is 0 Å². The van der Waals surface area contributed by atoms with Crippen molar-refractivity contribution in [1.82, 2.24) is 10.6 Å². The Bertz CT molecular complexity index is 262. The number of likely N-dealkylation sites (N-methyl/N-ethyl adjacent to an activating group) is 1. The molecule has 0 aromatic carbocycles. The van der Waals surface area contributed by atoms with E-state index in [1.807, 2.05) is 7.05 Å². The third kappa shape index (κ3) is 4.95. The number of hydrogen-bond donors (Lipinski definition) is 2. The summed E-state index contributed by atoms with van der Waals surface area (Å²) in [5, 5.41) is 6.95. The highest BCUT2D eigenvalue weighted by atomic mass is 14.9. The van der Waals surface area contributed by atoms with Crippen LogP contribution in [0.4, 0.5) is 0 Å². The summed E-state index contributed by atoms with van der Waals surface area (Å²) in [4.78, 5) is 0. The third-order valence-corrected chi connectivity index (χ3v) is 3.52. The maximum atomic E-state index is 4.22. The minimum absolute atomic E-state index is 0.396. The van der Waals surface area contributed by atoms with Crippen molar-refractivity contribution < 1.29 is 0 Å². The van der Waals surface area contributed by atoms with Crippen LogP contribution < -0.4 is 10.6 Å². The first-order chi connectivity index (χ1) is 8.17. The lowest BCUT2D eigenvalue weighted by atomic mass is 10.1. The average Bonchev–Trinajstić information content (AvgIpc) is 2.81. The van der Waals surface area contributed by atoms with Gasteiger partial charge < -0.3 is 10.6 Å². The molecule has 1 aliphatic carbocycles. The van der Waals surface area contributed by atoms with E-state index in [-0.39, 0.29) is 0 Å². The summed E-state index contributed by atoms with van der Waals surface area (Å²) in [5.41, 5.74) is 2.52. The second kappa shape index (κ2) is 7.54. The fraction of sp³-hybridized carbons (Fsp3) is 0.733. The Labute approximate surface area is 107 Å². The maximum Gasteiger partial charge on any atom is 0.0343 e. The zero-order valence-corrected chi connectivity index (χ0v) is 11.7. The van der Waals surface area contributed by atoms with Gasteiger partial charge in [0.1, 0.15) is 0 Å². The lowest BCUT2D eigenvalue weighted by Gasteiger charge is -2.20. The van der Waals surface area contributed by atoms with Gasteiger partial charge in [-0.15, -0.1) is 0 Å². The molecule has 2 N–H and O–H groups in total. The van der Waals surface area contributed by atoms with Crippen LogP contribution in [0.5, 0.6) is 0 Å². The number of hydrogen-bond acceptors (Lipinski definition) is 2. The third-order valence-electron chi connectivity index (χ3n) is 3.52. The van der Waals surface area contributed by atoms with E-state index in [4.69, 9.17) is 0 Å². The van der Waals surface area contributed by atoms with Gasteiger partial charge in [-0.05, 0) is 44.9 Å². The Morgan fingerprint density at radius 1 is 1.41 bits per heavy atom. The molecule has 1 saturated carbocycles. The average molecular weight is 236 g/mol. The molecule has 1 rings (SSSR count). The van der Waals surface area contributed by atoms with Gasteiger partial charge in [0.2, 0.25) is 0 Å². The lowest BCUT2D eigenvalue weighted by Crippen LogP contribution is -2.29. The molecule has 2 nitrogen and oxygen atoms in total. The molecule has 0 heterocycles. The van der Waals surface area contributed by atoms with Gasteiger partial charge in [-0.3, -0.25) is 0 Å². The standard InChI is InChI=1S/C15H28N2/c1-5-8-12(2)15(11-13(3)16-4)17-14-9-6-7-10-14/h11,13-14,16-17H,2,5-10H2,1,3-4H3/b15-11-. The van der Waals surface area contributed by atoms with Crippen LogP contribution >= 0.6 is 0 Å². The van der Waals surface area contributed by atoms with Gasteiger partial charge in [0, 0.05) is 17.8 Å². The van der Waals surface area contributed by atoms with Crippen molar-refractivity contribution in [2.24, 2.45) is 0 Å². The lowest BCUT2D eigenvalue weighted by molar-refractivity contribution is 0.578. The molecule has 0 aliphatic heterocycles. The van der Waals surface area contributed by atoms with E-state index >= 15 is 0 Å². The monoisotopic (exact) mass is 236 g/mol. The molecule has 0 spiro atoms. The Kier molecular flexibility index (Phi) is 6.35. The molecule has 0 aromatic rings. The second-order valence-corrected chi connectivity index (χ2v) is 5.14. The molecule has 0 bridgehead atoms. The van der Waals surface area contributed by atoms with E-state index in [0.717, 1.165) is 12.8 Å². The smallest absolute Gasteiger partial charge is 0.0343 e. The van der Waals surface area contributed by atoms with Crippen molar-refractivity contribution in [2.75, 3.05) is 7.05 Å². The Hall–Kier alpha value is -0.760. The minimum Gasteiger partial charge on any atom is -0.382 e. The second-order valence-electron chi connectivity index (χ2n) is 5.14. The first-order valence-electron chi connectivity index (χ1n) is 7.01. The summed E-state index contributed by atoms with van der Waals surface area (Å²) >= 11 is 0. The van der Waals surface area contributed by atoms with Gasteiger partial charge in [-0.25, -0.2) is 0 Å².